The van der Waals surface area contributed by atoms with Crippen LogP contribution in [0.5, 0.6) is 5.75 Å². The Morgan fingerprint density at radius 3 is 2.43 bits per heavy atom. The Morgan fingerprint density at radius 1 is 1.19 bits per heavy atom. The van der Waals surface area contributed by atoms with Gasteiger partial charge in [0.05, 0.1) is 0 Å². The molecule has 0 aliphatic heterocycles. The standard InChI is InChI=1S/C18H17IO2/c1-4-13-11-15(19)7-10-17(13)14-5-8-16(9-6-14)21-18(20)12(2)3/h5-11H,2,4H2,1,3H3. The monoisotopic (exact) mass is 392 g/mol. The second kappa shape index (κ2) is 6.89. The summed E-state index contributed by atoms with van der Waals surface area (Å²) in [5.74, 6) is 0.140. The molecule has 0 aliphatic rings. The number of hydrogen-bond donors (Lipinski definition) is 0. The van der Waals surface area contributed by atoms with E-state index in [0.717, 1.165) is 12.0 Å². The van der Waals surface area contributed by atoms with Crippen LogP contribution < -0.4 is 4.74 Å². The number of carbonyl (C=O) groups is 1. The highest BCUT2D eigenvalue weighted by molar-refractivity contribution is 14.1. The molecule has 0 aliphatic carbocycles. The average Bonchev–Trinajstić information content (AvgIpc) is 2.48. The molecular weight excluding hydrogens is 375 g/mol. The smallest absolute Gasteiger partial charge is 0.338 e. The fourth-order valence-corrected chi connectivity index (χ4v) is 2.59. The van der Waals surface area contributed by atoms with Crippen molar-refractivity contribution in [3.8, 4) is 16.9 Å². The van der Waals surface area contributed by atoms with Crippen molar-refractivity contribution >= 4 is 28.6 Å². The normalized spacial score (nSPS) is 10.2. The quantitative estimate of drug-likeness (QED) is 0.317. The number of aryl methyl sites for hydroxylation is 1. The molecule has 108 valence electrons. The Bertz CT molecular complexity index is 672. The maximum atomic E-state index is 11.5. The van der Waals surface area contributed by atoms with Gasteiger partial charge in [0.2, 0.25) is 0 Å². The molecule has 0 aromatic heterocycles. The molecule has 2 aromatic rings. The van der Waals surface area contributed by atoms with Gasteiger partial charge in [-0.05, 0) is 76.9 Å². The van der Waals surface area contributed by atoms with Crippen LogP contribution in [0.3, 0.4) is 0 Å². The fraction of sp³-hybridized carbons (Fsp3) is 0.167. The van der Waals surface area contributed by atoms with E-state index in [1.165, 1.54) is 14.7 Å². The Morgan fingerprint density at radius 2 is 1.86 bits per heavy atom. The number of carbonyl (C=O) groups excluding carboxylic acids is 1. The topological polar surface area (TPSA) is 26.3 Å². The first-order valence-corrected chi connectivity index (χ1v) is 7.85. The van der Waals surface area contributed by atoms with Gasteiger partial charge in [0.25, 0.3) is 0 Å². The first-order valence-electron chi connectivity index (χ1n) is 6.77. The van der Waals surface area contributed by atoms with Crippen molar-refractivity contribution in [1.82, 2.24) is 0 Å². The van der Waals surface area contributed by atoms with Crippen molar-refractivity contribution < 1.29 is 9.53 Å². The molecule has 0 bridgehead atoms. The Labute approximate surface area is 139 Å². The van der Waals surface area contributed by atoms with Crippen LogP contribution in [0.25, 0.3) is 11.1 Å². The highest BCUT2D eigenvalue weighted by Crippen LogP contribution is 2.27. The van der Waals surface area contributed by atoms with Crippen LogP contribution in [0.1, 0.15) is 19.4 Å². The maximum absolute atomic E-state index is 11.5. The van der Waals surface area contributed by atoms with Crippen LogP contribution >= 0.6 is 22.6 Å². The van der Waals surface area contributed by atoms with E-state index in [4.69, 9.17) is 4.74 Å². The zero-order valence-corrected chi connectivity index (χ0v) is 14.3. The second-order valence-corrected chi connectivity index (χ2v) is 6.09. The maximum Gasteiger partial charge on any atom is 0.338 e. The van der Waals surface area contributed by atoms with Crippen molar-refractivity contribution in [2.45, 2.75) is 20.3 Å². The molecule has 21 heavy (non-hydrogen) atoms. The predicted molar refractivity (Wildman–Crippen MR) is 94.4 cm³/mol. The van der Waals surface area contributed by atoms with Gasteiger partial charge in [0.1, 0.15) is 5.75 Å². The lowest BCUT2D eigenvalue weighted by atomic mass is 9.98. The van der Waals surface area contributed by atoms with Gasteiger partial charge < -0.3 is 4.74 Å². The minimum atomic E-state index is -0.397. The van der Waals surface area contributed by atoms with Crippen LogP contribution in [0.4, 0.5) is 0 Å². The molecule has 0 saturated carbocycles. The summed E-state index contributed by atoms with van der Waals surface area (Å²) in [6.45, 7) is 7.36. The van der Waals surface area contributed by atoms with Gasteiger partial charge in [-0.3, -0.25) is 0 Å². The SMILES string of the molecule is C=C(C)C(=O)Oc1ccc(-c2ccc(I)cc2CC)cc1. The van der Waals surface area contributed by atoms with Crippen LogP contribution in [0.15, 0.2) is 54.6 Å². The first-order chi connectivity index (χ1) is 10.0. The Balaban J connectivity index is 2.27. The molecule has 0 radical (unpaired) electrons. The van der Waals surface area contributed by atoms with Gasteiger partial charge in [0.15, 0.2) is 0 Å². The summed E-state index contributed by atoms with van der Waals surface area (Å²) < 4.78 is 6.44. The lowest BCUT2D eigenvalue weighted by Crippen LogP contribution is -2.07. The fourth-order valence-electron chi connectivity index (χ4n) is 2.03. The van der Waals surface area contributed by atoms with Crippen LogP contribution in [0, 0.1) is 3.57 Å². The molecule has 2 nitrogen and oxygen atoms in total. The zero-order valence-electron chi connectivity index (χ0n) is 12.2. The summed E-state index contributed by atoms with van der Waals surface area (Å²) >= 11 is 2.32. The van der Waals surface area contributed by atoms with E-state index in [0.29, 0.717) is 11.3 Å². The largest absolute Gasteiger partial charge is 0.423 e. The molecule has 2 rings (SSSR count). The summed E-state index contributed by atoms with van der Waals surface area (Å²) in [7, 11) is 0. The van der Waals surface area contributed by atoms with E-state index < -0.39 is 5.97 Å². The third-order valence-electron chi connectivity index (χ3n) is 3.17. The minimum absolute atomic E-state index is 0.394. The summed E-state index contributed by atoms with van der Waals surface area (Å²) in [6.07, 6.45) is 0.985. The highest BCUT2D eigenvalue weighted by atomic mass is 127. The molecule has 0 N–H and O–H groups in total. The van der Waals surface area contributed by atoms with E-state index in [1.54, 1.807) is 6.92 Å². The number of halogens is 1. The first kappa shape index (κ1) is 15.8. The predicted octanol–water partition coefficient (Wildman–Crippen LogP) is 5.00. The number of hydrogen-bond acceptors (Lipinski definition) is 2. The summed E-state index contributed by atoms with van der Waals surface area (Å²) in [6, 6.07) is 14.0. The van der Waals surface area contributed by atoms with Crippen molar-refractivity contribution in [3.05, 3.63) is 63.8 Å². The number of ether oxygens (including phenoxy) is 1. The molecule has 0 saturated heterocycles. The van der Waals surface area contributed by atoms with Crippen LogP contribution in [-0.4, -0.2) is 5.97 Å². The van der Waals surface area contributed by atoms with Crippen molar-refractivity contribution in [2.24, 2.45) is 0 Å². The van der Waals surface area contributed by atoms with Gasteiger partial charge in [0, 0.05) is 9.14 Å². The second-order valence-electron chi connectivity index (χ2n) is 4.85. The average molecular weight is 392 g/mol. The molecule has 2 aromatic carbocycles. The van der Waals surface area contributed by atoms with Gasteiger partial charge in [-0.1, -0.05) is 31.7 Å². The van der Waals surface area contributed by atoms with E-state index in [-0.39, 0.29) is 0 Å². The van der Waals surface area contributed by atoms with Gasteiger partial charge in [-0.15, -0.1) is 0 Å². The Kier molecular flexibility index (Phi) is 5.17. The van der Waals surface area contributed by atoms with Gasteiger partial charge in [-0.25, -0.2) is 4.79 Å². The molecule has 0 fully saturated rings. The number of rotatable bonds is 4. The Hall–Kier alpha value is -1.62. The molecule has 0 atom stereocenters. The summed E-state index contributed by atoms with van der Waals surface area (Å²) in [5.41, 5.74) is 4.05. The molecule has 0 heterocycles. The molecule has 0 amide bonds. The third-order valence-corrected chi connectivity index (χ3v) is 3.84. The summed E-state index contributed by atoms with van der Waals surface area (Å²) in [4.78, 5) is 11.5. The molecule has 0 spiro atoms. The molecule has 3 heteroatoms. The van der Waals surface area contributed by atoms with E-state index in [9.17, 15) is 4.79 Å². The van der Waals surface area contributed by atoms with Crippen molar-refractivity contribution in [1.29, 1.82) is 0 Å². The van der Waals surface area contributed by atoms with E-state index >= 15 is 0 Å². The van der Waals surface area contributed by atoms with Crippen molar-refractivity contribution in [2.75, 3.05) is 0 Å². The highest BCUT2D eigenvalue weighted by Gasteiger charge is 2.07. The zero-order chi connectivity index (χ0) is 15.4. The molecule has 0 unspecified atom stereocenters. The van der Waals surface area contributed by atoms with Gasteiger partial charge >= 0.3 is 5.97 Å². The lowest BCUT2D eigenvalue weighted by molar-refractivity contribution is -0.130. The summed E-state index contributed by atoms with van der Waals surface area (Å²) in [5, 5.41) is 0. The van der Waals surface area contributed by atoms with Gasteiger partial charge in [-0.2, -0.15) is 0 Å². The van der Waals surface area contributed by atoms with E-state index in [1.807, 2.05) is 24.3 Å². The number of esters is 1. The van der Waals surface area contributed by atoms with Crippen molar-refractivity contribution in [3.63, 3.8) is 0 Å². The van der Waals surface area contributed by atoms with Crippen LogP contribution in [0.2, 0.25) is 0 Å². The minimum Gasteiger partial charge on any atom is -0.423 e. The lowest BCUT2D eigenvalue weighted by Gasteiger charge is -2.10. The number of benzene rings is 2. The van der Waals surface area contributed by atoms with E-state index in [2.05, 4.69) is 54.3 Å². The molecular formula is C18H17IO2. The third kappa shape index (κ3) is 3.94. The van der Waals surface area contributed by atoms with Crippen LogP contribution in [-0.2, 0) is 11.2 Å².